The smallest absolute Gasteiger partial charge is 0.133 e. The van der Waals surface area contributed by atoms with Gasteiger partial charge in [-0.1, -0.05) is 13.0 Å². The Labute approximate surface area is 107 Å². The molecule has 0 saturated heterocycles. The normalized spacial score (nSPS) is 10.7. The van der Waals surface area contributed by atoms with Crippen LogP contribution >= 0.6 is 0 Å². The molecule has 0 bridgehead atoms. The third-order valence-electron chi connectivity index (χ3n) is 2.77. The van der Waals surface area contributed by atoms with Gasteiger partial charge in [-0.3, -0.25) is 0 Å². The maximum Gasteiger partial charge on any atom is 0.133 e. The molecule has 96 valence electrons. The van der Waals surface area contributed by atoms with Crippen molar-refractivity contribution in [2.75, 3.05) is 25.0 Å². The van der Waals surface area contributed by atoms with Gasteiger partial charge in [0.25, 0.3) is 0 Å². The lowest BCUT2D eigenvalue weighted by molar-refractivity contribution is 0.476. The minimum absolute atomic E-state index is 0.266. The highest BCUT2D eigenvalue weighted by Crippen LogP contribution is 2.24. The summed E-state index contributed by atoms with van der Waals surface area (Å²) in [5, 5.41) is 18.2. The second kappa shape index (κ2) is 6.21. The van der Waals surface area contributed by atoms with Gasteiger partial charge in [-0.05, 0) is 36.6 Å². The van der Waals surface area contributed by atoms with Gasteiger partial charge in [-0.2, -0.15) is 0 Å². The molecule has 1 heterocycles. The predicted octanol–water partition coefficient (Wildman–Crippen LogP) is 2.35. The van der Waals surface area contributed by atoms with Crippen molar-refractivity contribution in [2.24, 2.45) is 0 Å². The first-order chi connectivity index (χ1) is 8.81. The van der Waals surface area contributed by atoms with Gasteiger partial charge in [0.2, 0.25) is 0 Å². The second-order valence-electron chi connectivity index (χ2n) is 4.24. The van der Waals surface area contributed by atoms with Crippen LogP contribution in [-0.2, 0) is 0 Å². The van der Waals surface area contributed by atoms with Crippen molar-refractivity contribution < 1.29 is 5.11 Å². The van der Waals surface area contributed by atoms with Gasteiger partial charge in [0, 0.05) is 24.7 Å². The molecule has 0 spiro atoms. The molecule has 18 heavy (non-hydrogen) atoms. The predicted molar refractivity (Wildman–Crippen MR) is 75.1 cm³/mol. The van der Waals surface area contributed by atoms with E-state index in [1.807, 2.05) is 12.1 Å². The van der Waals surface area contributed by atoms with Crippen LogP contribution in [0.5, 0.6) is 5.75 Å². The minimum Gasteiger partial charge on any atom is -0.508 e. The molecule has 0 fully saturated rings. The molecule has 0 saturated carbocycles. The summed E-state index contributed by atoms with van der Waals surface area (Å²) in [5.41, 5.74) is 0. The highest BCUT2D eigenvalue weighted by atomic mass is 16.3. The second-order valence-corrected chi connectivity index (χ2v) is 4.24. The number of hydrogen-bond donors (Lipinski definition) is 3. The zero-order valence-electron chi connectivity index (χ0n) is 10.6. The molecule has 4 nitrogen and oxygen atoms in total. The van der Waals surface area contributed by atoms with E-state index < -0.39 is 0 Å². The van der Waals surface area contributed by atoms with E-state index in [1.54, 1.807) is 18.3 Å². The number of anilines is 1. The number of aromatic hydroxyl groups is 1. The molecule has 0 unspecified atom stereocenters. The van der Waals surface area contributed by atoms with E-state index in [9.17, 15) is 5.11 Å². The van der Waals surface area contributed by atoms with Gasteiger partial charge in [-0.25, -0.2) is 4.98 Å². The van der Waals surface area contributed by atoms with Crippen molar-refractivity contribution in [3.63, 3.8) is 0 Å². The van der Waals surface area contributed by atoms with E-state index in [0.717, 1.165) is 42.6 Å². The van der Waals surface area contributed by atoms with Crippen molar-refractivity contribution >= 4 is 16.6 Å². The van der Waals surface area contributed by atoms with Crippen LogP contribution in [0.4, 0.5) is 5.82 Å². The van der Waals surface area contributed by atoms with E-state index in [1.165, 1.54) is 0 Å². The van der Waals surface area contributed by atoms with Crippen molar-refractivity contribution in [3.05, 3.63) is 30.5 Å². The van der Waals surface area contributed by atoms with Crippen LogP contribution in [0.3, 0.4) is 0 Å². The van der Waals surface area contributed by atoms with Crippen molar-refractivity contribution in [2.45, 2.75) is 13.3 Å². The Morgan fingerprint density at radius 1 is 1.17 bits per heavy atom. The van der Waals surface area contributed by atoms with Crippen LogP contribution in [0.1, 0.15) is 13.3 Å². The lowest BCUT2D eigenvalue weighted by atomic mass is 10.1. The maximum absolute atomic E-state index is 9.53. The molecule has 0 atom stereocenters. The third kappa shape index (κ3) is 3.11. The number of hydrogen-bond acceptors (Lipinski definition) is 4. The van der Waals surface area contributed by atoms with Crippen LogP contribution in [0.2, 0.25) is 0 Å². The number of rotatable bonds is 6. The van der Waals surface area contributed by atoms with Crippen LogP contribution in [0, 0.1) is 0 Å². The number of aromatic nitrogens is 1. The molecule has 0 aliphatic carbocycles. The zero-order chi connectivity index (χ0) is 12.8. The number of nitrogens with zero attached hydrogens (tertiary/aromatic N) is 1. The summed E-state index contributed by atoms with van der Waals surface area (Å²) in [5.74, 6) is 1.09. The summed E-state index contributed by atoms with van der Waals surface area (Å²) in [7, 11) is 0. The first-order valence-corrected chi connectivity index (χ1v) is 6.33. The highest BCUT2D eigenvalue weighted by molar-refractivity contribution is 5.92. The monoisotopic (exact) mass is 245 g/mol. The Morgan fingerprint density at radius 3 is 2.89 bits per heavy atom. The molecule has 0 aliphatic rings. The lowest BCUT2D eigenvalue weighted by Gasteiger charge is -2.09. The largest absolute Gasteiger partial charge is 0.508 e. The quantitative estimate of drug-likeness (QED) is 0.684. The molecule has 3 N–H and O–H groups in total. The number of nitrogens with one attached hydrogen (secondary N) is 2. The van der Waals surface area contributed by atoms with Gasteiger partial charge in [-0.15, -0.1) is 0 Å². The first kappa shape index (κ1) is 12.6. The average Bonchev–Trinajstić information content (AvgIpc) is 2.39. The fraction of sp³-hybridized carbons (Fsp3) is 0.357. The fourth-order valence-corrected chi connectivity index (χ4v) is 1.87. The summed E-state index contributed by atoms with van der Waals surface area (Å²) in [6.45, 7) is 4.91. The van der Waals surface area contributed by atoms with Crippen LogP contribution in [-0.4, -0.2) is 29.7 Å². The van der Waals surface area contributed by atoms with Gasteiger partial charge < -0.3 is 15.7 Å². The minimum atomic E-state index is 0.266. The maximum atomic E-state index is 9.53. The Morgan fingerprint density at radius 2 is 2.06 bits per heavy atom. The molecule has 0 radical (unpaired) electrons. The van der Waals surface area contributed by atoms with Crippen LogP contribution in [0.15, 0.2) is 30.5 Å². The Balaban J connectivity index is 2.05. The van der Waals surface area contributed by atoms with Crippen molar-refractivity contribution in [1.29, 1.82) is 0 Å². The van der Waals surface area contributed by atoms with E-state index in [4.69, 9.17) is 0 Å². The van der Waals surface area contributed by atoms with Crippen LogP contribution < -0.4 is 10.6 Å². The summed E-state index contributed by atoms with van der Waals surface area (Å²) in [4.78, 5) is 4.32. The Kier molecular flexibility index (Phi) is 4.36. The summed E-state index contributed by atoms with van der Waals surface area (Å²) in [6, 6.07) is 7.27. The third-order valence-corrected chi connectivity index (χ3v) is 2.77. The van der Waals surface area contributed by atoms with Crippen LogP contribution in [0.25, 0.3) is 10.8 Å². The Bertz CT molecular complexity index is 513. The molecule has 0 aliphatic heterocycles. The SMILES string of the molecule is CCCNCCNc1nccc2ccc(O)cc12. The molecular formula is C14H19N3O. The van der Waals surface area contributed by atoms with Crippen molar-refractivity contribution in [3.8, 4) is 5.75 Å². The summed E-state index contributed by atoms with van der Waals surface area (Å²) >= 11 is 0. The Hall–Kier alpha value is -1.81. The summed E-state index contributed by atoms with van der Waals surface area (Å²) < 4.78 is 0. The van der Waals surface area contributed by atoms with Gasteiger partial charge in [0.1, 0.15) is 11.6 Å². The highest BCUT2D eigenvalue weighted by Gasteiger charge is 2.02. The first-order valence-electron chi connectivity index (χ1n) is 6.33. The van der Waals surface area contributed by atoms with Gasteiger partial charge in [0.05, 0.1) is 0 Å². The molecule has 2 aromatic rings. The topological polar surface area (TPSA) is 57.2 Å². The molecular weight excluding hydrogens is 226 g/mol. The molecule has 0 amide bonds. The molecule has 1 aromatic heterocycles. The zero-order valence-corrected chi connectivity index (χ0v) is 10.6. The standard InChI is InChI=1S/C14H19N3O/c1-2-6-15-8-9-17-14-13-10-12(18)4-3-11(13)5-7-16-14/h3-5,7,10,15,18H,2,6,8-9H2,1H3,(H,16,17). The average molecular weight is 245 g/mol. The summed E-state index contributed by atoms with van der Waals surface area (Å²) in [6.07, 6.45) is 2.92. The van der Waals surface area contributed by atoms with E-state index in [0.29, 0.717) is 0 Å². The molecule has 1 aromatic carbocycles. The van der Waals surface area contributed by atoms with Crippen molar-refractivity contribution in [1.82, 2.24) is 10.3 Å². The number of benzene rings is 1. The van der Waals surface area contributed by atoms with E-state index >= 15 is 0 Å². The molecule has 4 heteroatoms. The number of phenolic OH excluding ortho intramolecular Hbond substituents is 1. The van der Waals surface area contributed by atoms with Gasteiger partial charge in [0.15, 0.2) is 0 Å². The number of fused-ring (bicyclic) bond motifs is 1. The van der Waals surface area contributed by atoms with Gasteiger partial charge >= 0.3 is 0 Å². The lowest BCUT2D eigenvalue weighted by Crippen LogP contribution is -2.23. The fourth-order valence-electron chi connectivity index (χ4n) is 1.87. The molecule has 2 rings (SSSR count). The number of pyridine rings is 1. The number of phenols is 1. The van der Waals surface area contributed by atoms with E-state index in [2.05, 4.69) is 22.5 Å². The van der Waals surface area contributed by atoms with E-state index in [-0.39, 0.29) is 5.75 Å².